The van der Waals surface area contributed by atoms with Crippen LogP contribution in [0.2, 0.25) is 0 Å². The normalized spacial score (nSPS) is 21.8. The predicted molar refractivity (Wildman–Crippen MR) is 114 cm³/mol. The predicted octanol–water partition coefficient (Wildman–Crippen LogP) is 2.02. The molecule has 9 nitrogen and oxygen atoms in total. The van der Waals surface area contributed by atoms with Crippen LogP contribution in [0.25, 0.3) is 0 Å². The van der Waals surface area contributed by atoms with E-state index in [-0.39, 0.29) is 24.5 Å². The van der Waals surface area contributed by atoms with E-state index in [1.807, 2.05) is 20.8 Å². The standard InChI is InChI=1S/C23H28FN3O6/c1-22(2,3)33-21(31)27-8-6-23(7-9-27)12-32-17-11-15(24)13(10-14(17)23)19(29)25-16-4-5-18(28)26-20(16)30/h10-11,16H,4-9,12H2,1-3H3,(H,25,29)(H,26,28,30)/t16-/m0/s1. The Balaban J connectivity index is 1.49. The van der Waals surface area contributed by atoms with Gasteiger partial charge in [0.05, 0.1) is 12.2 Å². The van der Waals surface area contributed by atoms with Crippen molar-refractivity contribution in [1.29, 1.82) is 0 Å². The summed E-state index contributed by atoms with van der Waals surface area (Å²) >= 11 is 0. The Morgan fingerprint density at radius 1 is 1.24 bits per heavy atom. The lowest BCUT2D eigenvalue weighted by Crippen LogP contribution is -2.52. The number of piperidine rings is 2. The first-order valence-electron chi connectivity index (χ1n) is 11.1. The molecule has 2 N–H and O–H groups in total. The zero-order chi connectivity index (χ0) is 24.0. The van der Waals surface area contributed by atoms with Gasteiger partial charge in [0, 0.05) is 36.6 Å². The van der Waals surface area contributed by atoms with Crippen molar-refractivity contribution < 1.29 is 33.0 Å². The summed E-state index contributed by atoms with van der Waals surface area (Å²) in [4.78, 5) is 50.1. The van der Waals surface area contributed by atoms with Gasteiger partial charge in [-0.1, -0.05) is 0 Å². The van der Waals surface area contributed by atoms with Gasteiger partial charge in [-0.3, -0.25) is 19.7 Å². The molecule has 4 rings (SSSR count). The molecule has 2 fully saturated rings. The number of fused-ring (bicyclic) bond motifs is 2. The summed E-state index contributed by atoms with van der Waals surface area (Å²) in [6.45, 7) is 6.68. The number of nitrogens with zero attached hydrogens (tertiary/aromatic N) is 1. The van der Waals surface area contributed by atoms with Crippen LogP contribution < -0.4 is 15.4 Å². The Hall–Kier alpha value is -3.17. The largest absolute Gasteiger partial charge is 0.492 e. The number of imide groups is 1. The van der Waals surface area contributed by atoms with E-state index in [9.17, 15) is 23.6 Å². The summed E-state index contributed by atoms with van der Waals surface area (Å²) in [6, 6.07) is 1.79. The number of carbonyl (C=O) groups excluding carboxylic acids is 4. The van der Waals surface area contributed by atoms with Gasteiger partial charge in [-0.25, -0.2) is 9.18 Å². The van der Waals surface area contributed by atoms with Gasteiger partial charge in [-0.2, -0.15) is 0 Å². The Morgan fingerprint density at radius 2 is 1.94 bits per heavy atom. The van der Waals surface area contributed by atoms with Crippen LogP contribution in [0.5, 0.6) is 5.75 Å². The van der Waals surface area contributed by atoms with Crippen molar-refractivity contribution in [3.63, 3.8) is 0 Å². The molecular weight excluding hydrogens is 433 g/mol. The van der Waals surface area contributed by atoms with Crippen LogP contribution in [0.3, 0.4) is 0 Å². The second-order valence-electron chi connectivity index (χ2n) is 9.84. The van der Waals surface area contributed by atoms with E-state index in [1.54, 1.807) is 4.90 Å². The number of hydrogen-bond donors (Lipinski definition) is 2. The van der Waals surface area contributed by atoms with Gasteiger partial charge in [0.25, 0.3) is 5.91 Å². The molecule has 3 aliphatic heterocycles. The highest BCUT2D eigenvalue weighted by Crippen LogP contribution is 2.46. The third kappa shape index (κ3) is 4.65. The van der Waals surface area contributed by atoms with Crippen molar-refractivity contribution in [3.8, 4) is 5.75 Å². The van der Waals surface area contributed by atoms with Crippen molar-refractivity contribution in [2.45, 2.75) is 63.5 Å². The summed E-state index contributed by atoms with van der Waals surface area (Å²) in [7, 11) is 0. The number of benzene rings is 1. The Labute approximate surface area is 191 Å². The fraction of sp³-hybridized carbons (Fsp3) is 0.565. The number of hydrogen-bond acceptors (Lipinski definition) is 6. The van der Waals surface area contributed by atoms with Crippen LogP contribution in [0.4, 0.5) is 9.18 Å². The van der Waals surface area contributed by atoms with Crippen molar-refractivity contribution in [2.24, 2.45) is 0 Å². The van der Waals surface area contributed by atoms with Crippen molar-refractivity contribution in [3.05, 3.63) is 29.1 Å². The molecule has 0 radical (unpaired) electrons. The summed E-state index contributed by atoms with van der Waals surface area (Å²) in [5.74, 6) is -2.09. The van der Waals surface area contributed by atoms with Gasteiger partial charge in [-0.15, -0.1) is 0 Å². The quantitative estimate of drug-likeness (QED) is 0.652. The first kappa shape index (κ1) is 23.0. The molecule has 33 heavy (non-hydrogen) atoms. The molecule has 3 heterocycles. The summed E-state index contributed by atoms with van der Waals surface area (Å²) in [5.41, 5.74) is -0.484. The number of carbonyl (C=O) groups is 4. The van der Waals surface area contributed by atoms with Crippen LogP contribution in [0.1, 0.15) is 62.4 Å². The van der Waals surface area contributed by atoms with Crippen molar-refractivity contribution >= 4 is 23.8 Å². The maximum atomic E-state index is 14.7. The third-order valence-corrected chi connectivity index (χ3v) is 6.31. The highest BCUT2D eigenvalue weighted by molar-refractivity contribution is 6.04. The number of likely N-dealkylation sites (tertiary alicyclic amines) is 1. The lowest BCUT2D eigenvalue weighted by atomic mass is 9.74. The molecule has 4 amide bonds. The topological polar surface area (TPSA) is 114 Å². The van der Waals surface area contributed by atoms with E-state index in [0.717, 1.165) is 5.56 Å². The van der Waals surface area contributed by atoms with E-state index in [4.69, 9.17) is 9.47 Å². The summed E-state index contributed by atoms with van der Waals surface area (Å²) in [5, 5.41) is 4.69. The first-order chi connectivity index (χ1) is 15.5. The van der Waals surface area contributed by atoms with Crippen molar-refractivity contribution in [1.82, 2.24) is 15.5 Å². The van der Waals surface area contributed by atoms with E-state index >= 15 is 0 Å². The van der Waals surface area contributed by atoms with Gasteiger partial charge < -0.3 is 19.7 Å². The maximum Gasteiger partial charge on any atom is 0.410 e. The highest BCUT2D eigenvalue weighted by Gasteiger charge is 2.45. The zero-order valence-electron chi connectivity index (χ0n) is 19.0. The average molecular weight is 461 g/mol. The average Bonchev–Trinajstić information content (AvgIpc) is 3.05. The zero-order valence-corrected chi connectivity index (χ0v) is 19.0. The fourth-order valence-corrected chi connectivity index (χ4v) is 4.48. The summed E-state index contributed by atoms with van der Waals surface area (Å²) < 4.78 is 25.9. The van der Waals surface area contributed by atoms with Gasteiger partial charge in [0.15, 0.2) is 0 Å². The smallest absolute Gasteiger partial charge is 0.410 e. The van der Waals surface area contributed by atoms with Crippen LogP contribution in [-0.2, 0) is 19.7 Å². The van der Waals surface area contributed by atoms with Gasteiger partial charge >= 0.3 is 6.09 Å². The molecule has 0 saturated carbocycles. The van der Waals surface area contributed by atoms with Crippen LogP contribution >= 0.6 is 0 Å². The lowest BCUT2D eigenvalue weighted by Gasteiger charge is -2.39. The minimum Gasteiger partial charge on any atom is -0.492 e. The monoisotopic (exact) mass is 461 g/mol. The Bertz CT molecular complexity index is 1010. The number of halogens is 1. The van der Waals surface area contributed by atoms with E-state index in [2.05, 4.69) is 10.6 Å². The van der Waals surface area contributed by atoms with Gasteiger partial charge in [0.2, 0.25) is 11.8 Å². The second-order valence-corrected chi connectivity index (χ2v) is 9.84. The molecule has 0 aromatic heterocycles. The maximum absolute atomic E-state index is 14.7. The SMILES string of the molecule is CC(C)(C)OC(=O)N1CCC2(CC1)COc1cc(F)c(C(=O)N[C@H]3CCC(=O)NC3=O)cc12. The number of ether oxygens (including phenoxy) is 2. The van der Waals surface area contributed by atoms with Crippen molar-refractivity contribution in [2.75, 3.05) is 19.7 Å². The minimum absolute atomic E-state index is 0.106. The minimum atomic E-state index is -0.898. The van der Waals surface area contributed by atoms with E-state index in [1.165, 1.54) is 12.1 Å². The molecule has 0 bridgehead atoms. The van der Waals surface area contributed by atoms with Crippen LogP contribution in [0.15, 0.2) is 12.1 Å². The molecular formula is C23H28FN3O6. The molecule has 1 atom stereocenters. The second kappa shape index (κ2) is 8.31. The molecule has 1 aromatic carbocycles. The van der Waals surface area contributed by atoms with Crippen LogP contribution in [-0.4, -0.2) is 60.1 Å². The molecule has 1 spiro atoms. The number of amides is 4. The van der Waals surface area contributed by atoms with Gasteiger partial charge in [-0.05, 0) is 46.1 Å². The van der Waals surface area contributed by atoms with Crippen LogP contribution in [0, 0.1) is 5.82 Å². The third-order valence-electron chi connectivity index (χ3n) is 6.31. The molecule has 2 saturated heterocycles. The number of rotatable bonds is 2. The fourth-order valence-electron chi connectivity index (χ4n) is 4.48. The molecule has 0 unspecified atom stereocenters. The molecule has 0 aliphatic carbocycles. The molecule has 10 heteroatoms. The van der Waals surface area contributed by atoms with Gasteiger partial charge in [0.1, 0.15) is 23.2 Å². The van der Waals surface area contributed by atoms with E-state index < -0.39 is 40.6 Å². The Morgan fingerprint density at radius 3 is 2.58 bits per heavy atom. The molecule has 178 valence electrons. The first-order valence-corrected chi connectivity index (χ1v) is 11.1. The Kier molecular flexibility index (Phi) is 5.79. The number of nitrogens with one attached hydrogen (secondary N) is 2. The molecule has 1 aromatic rings. The summed E-state index contributed by atoms with van der Waals surface area (Å²) in [6.07, 6.45) is 1.06. The lowest BCUT2D eigenvalue weighted by molar-refractivity contribution is -0.134. The van der Waals surface area contributed by atoms with E-state index in [0.29, 0.717) is 38.3 Å². The highest BCUT2D eigenvalue weighted by atomic mass is 19.1. The molecule has 3 aliphatic rings.